The van der Waals surface area contributed by atoms with Gasteiger partial charge in [-0.25, -0.2) is 4.39 Å². The van der Waals surface area contributed by atoms with Gasteiger partial charge in [-0.3, -0.25) is 0 Å². The Hall–Kier alpha value is -0.800. The van der Waals surface area contributed by atoms with Crippen molar-refractivity contribution in [2.45, 2.75) is 18.9 Å². The average molecular weight is 230 g/mol. The van der Waals surface area contributed by atoms with Gasteiger partial charge in [-0.05, 0) is 31.5 Å². The summed E-state index contributed by atoms with van der Waals surface area (Å²) >= 11 is 5.83. The number of hydrogen-bond acceptors (Lipinski definition) is 2. The van der Waals surface area contributed by atoms with Gasteiger partial charge in [0.25, 0.3) is 0 Å². The molecule has 1 aliphatic heterocycles. The first kappa shape index (κ1) is 10.7. The van der Waals surface area contributed by atoms with E-state index in [2.05, 4.69) is 5.32 Å². The largest absolute Gasteiger partial charge is 0.487 e. The number of halogens is 2. The van der Waals surface area contributed by atoms with E-state index in [4.69, 9.17) is 16.3 Å². The van der Waals surface area contributed by atoms with Crippen molar-refractivity contribution in [3.05, 3.63) is 29.0 Å². The van der Waals surface area contributed by atoms with Gasteiger partial charge in [-0.2, -0.15) is 0 Å². The maximum absolute atomic E-state index is 13.3. The fraction of sp³-hybridized carbons (Fsp3) is 0.455. The molecule has 0 aliphatic carbocycles. The van der Waals surface area contributed by atoms with E-state index in [0.29, 0.717) is 17.7 Å². The van der Waals surface area contributed by atoms with Crippen molar-refractivity contribution in [3.8, 4) is 5.75 Å². The Morgan fingerprint density at radius 3 is 3.07 bits per heavy atom. The molecule has 1 aromatic rings. The van der Waals surface area contributed by atoms with Crippen LogP contribution in [0.15, 0.2) is 18.2 Å². The zero-order chi connectivity index (χ0) is 10.7. The molecule has 1 aliphatic rings. The lowest BCUT2D eigenvalue weighted by Gasteiger charge is -2.13. The summed E-state index contributed by atoms with van der Waals surface area (Å²) in [5.74, 6) is -0.242. The van der Waals surface area contributed by atoms with Crippen LogP contribution in [-0.4, -0.2) is 19.2 Å². The van der Waals surface area contributed by atoms with E-state index in [0.717, 1.165) is 19.4 Å². The molecule has 0 unspecified atom stereocenters. The third-order valence-corrected chi connectivity index (χ3v) is 2.81. The second kappa shape index (κ2) is 4.81. The van der Waals surface area contributed by atoms with Crippen molar-refractivity contribution in [1.82, 2.24) is 5.32 Å². The zero-order valence-electron chi connectivity index (χ0n) is 8.30. The number of nitrogens with one attached hydrogen (secondary N) is 1. The van der Waals surface area contributed by atoms with Crippen molar-refractivity contribution in [3.63, 3.8) is 0 Å². The Morgan fingerprint density at radius 2 is 2.40 bits per heavy atom. The van der Waals surface area contributed by atoms with Gasteiger partial charge in [-0.1, -0.05) is 17.7 Å². The van der Waals surface area contributed by atoms with E-state index >= 15 is 0 Å². The Labute approximate surface area is 93.4 Å². The fourth-order valence-corrected chi connectivity index (χ4v) is 1.92. The van der Waals surface area contributed by atoms with Crippen LogP contribution in [0.2, 0.25) is 5.02 Å². The summed E-state index contributed by atoms with van der Waals surface area (Å²) in [6, 6.07) is 4.87. The summed E-state index contributed by atoms with van der Waals surface area (Å²) in [6.07, 6.45) is 2.23. The van der Waals surface area contributed by atoms with Gasteiger partial charge >= 0.3 is 0 Å². The molecule has 0 spiro atoms. The zero-order valence-corrected chi connectivity index (χ0v) is 9.06. The second-order valence-electron chi connectivity index (χ2n) is 3.66. The van der Waals surface area contributed by atoms with Crippen molar-refractivity contribution < 1.29 is 9.13 Å². The van der Waals surface area contributed by atoms with Crippen molar-refractivity contribution in [1.29, 1.82) is 0 Å². The highest BCUT2D eigenvalue weighted by Crippen LogP contribution is 2.27. The molecular weight excluding hydrogens is 217 g/mol. The van der Waals surface area contributed by atoms with E-state index < -0.39 is 5.82 Å². The molecule has 1 saturated heterocycles. The van der Waals surface area contributed by atoms with Crippen molar-refractivity contribution in [2.24, 2.45) is 0 Å². The molecule has 1 heterocycles. The SMILES string of the molecule is Fc1cccc(Cl)c1OC[C@@H]1CCCN1. The first-order chi connectivity index (χ1) is 7.27. The second-order valence-corrected chi connectivity index (χ2v) is 4.06. The van der Waals surface area contributed by atoms with E-state index in [9.17, 15) is 4.39 Å². The Balaban J connectivity index is 1.97. The molecule has 2 rings (SSSR count). The van der Waals surface area contributed by atoms with Crippen LogP contribution in [0, 0.1) is 5.82 Å². The van der Waals surface area contributed by atoms with Crippen LogP contribution in [-0.2, 0) is 0 Å². The van der Waals surface area contributed by atoms with Crippen LogP contribution >= 0.6 is 11.6 Å². The first-order valence-electron chi connectivity index (χ1n) is 5.07. The highest BCUT2D eigenvalue weighted by atomic mass is 35.5. The molecule has 0 bridgehead atoms. The van der Waals surface area contributed by atoms with Gasteiger partial charge in [0.05, 0.1) is 5.02 Å². The van der Waals surface area contributed by atoms with E-state index in [-0.39, 0.29) is 5.75 Å². The van der Waals surface area contributed by atoms with Gasteiger partial charge < -0.3 is 10.1 Å². The first-order valence-corrected chi connectivity index (χ1v) is 5.45. The quantitative estimate of drug-likeness (QED) is 0.861. The van der Waals surface area contributed by atoms with Crippen LogP contribution in [0.3, 0.4) is 0 Å². The number of ether oxygens (including phenoxy) is 1. The van der Waals surface area contributed by atoms with Gasteiger partial charge in [0.1, 0.15) is 6.61 Å². The lowest BCUT2D eigenvalue weighted by Crippen LogP contribution is -2.28. The summed E-state index contributed by atoms with van der Waals surface area (Å²) in [5.41, 5.74) is 0. The Kier molecular flexibility index (Phi) is 3.44. The smallest absolute Gasteiger partial charge is 0.173 e. The van der Waals surface area contributed by atoms with Crippen molar-refractivity contribution >= 4 is 11.6 Å². The summed E-state index contributed by atoms with van der Waals surface area (Å²) in [4.78, 5) is 0. The molecule has 1 N–H and O–H groups in total. The van der Waals surface area contributed by atoms with Crippen molar-refractivity contribution in [2.75, 3.05) is 13.2 Å². The molecule has 1 atom stereocenters. The monoisotopic (exact) mass is 229 g/mol. The highest BCUT2D eigenvalue weighted by molar-refractivity contribution is 6.32. The third-order valence-electron chi connectivity index (χ3n) is 2.51. The lowest BCUT2D eigenvalue weighted by atomic mass is 10.2. The van der Waals surface area contributed by atoms with Crippen LogP contribution < -0.4 is 10.1 Å². The molecule has 0 amide bonds. The molecule has 0 radical (unpaired) electrons. The summed E-state index contributed by atoms with van der Waals surface area (Å²) in [5, 5.41) is 3.60. The molecule has 1 fully saturated rings. The lowest BCUT2D eigenvalue weighted by molar-refractivity contribution is 0.265. The average Bonchev–Trinajstić information content (AvgIpc) is 2.70. The number of benzene rings is 1. The maximum Gasteiger partial charge on any atom is 0.173 e. The molecule has 15 heavy (non-hydrogen) atoms. The van der Waals surface area contributed by atoms with E-state index in [1.54, 1.807) is 12.1 Å². The summed E-state index contributed by atoms with van der Waals surface area (Å²) in [6.45, 7) is 1.49. The van der Waals surface area contributed by atoms with Gasteiger partial charge in [-0.15, -0.1) is 0 Å². The maximum atomic E-state index is 13.3. The van der Waals surface area contributed by atoms with Gasteiger partial charge in [0.15, 0.2) is 11.6 Å². The van der Waals surface area contributed by atoms with Gasteiger partial charge in [0.2, 0.25) is 0 Å². The van der Waals surface area contributed by atoms with Crippen LogP contribution in [0.4, 0.5) is 4.39 Å². The highest BCUT2D eigenvalue weighted by Gasteiger charge is 2.16. The normalized spacial score (nSPS) is 20.5. The minimum absolute atomic E-state index is 0.160. The predicted molar refractivity (Wildman–Crippen MR) is 57.9 cm³/mol. The molecule has 82 valence electrons. The number of para-hydroxylation sites is 1. The molecule has 0 saturated carbocycles. The van der Waals surface area contributed by atoms with Gasteiger partial charge in [0, 0.05) is 6.04 Å². The summed E-state index contributed by atoms with van der Waals surface area (Å²) < 4.78 is 18.7. The molecule has 1 aromatic carbocycles. The Bertz CT molecular complexity index is 319. The third kappa shape index (κ3) is 2.61. The Morgan fingerprint density at radius 1 is 1.53 bits per heavy atom. The van der Waals surface area contributed by atoms with Crippen LogP contribution in [0.25, 0.3) is 0 Å². The van der Waals surface area contributed by atoms with E-state index in [1.165, 1.54) is 6.07 Å². The van der Waals surface area contributed by atoms with Crippen LogP contribution in [0.5, 0.6) is 5.75 Å². The summed E-state index contributed by atoms with van der Waals surface area (Å²) in [7, 11) is 0. The van der Waals surface area contributed by atoms with E-state index in [1.807, 2.05) is 0 Å². The predicted octanol–water partition coefficient (Wildman–Crippen LogP) is 2.61. The molecule has 0 aromatic heterocycles. The number of rotatable bonds is 3. The topological polar surface area (TPSA) is 21.3 Å². The van der Waals surface area contributed by atoms with Crippen LogP contribution in [0.1, 0.15) is 12.8 Å². The molecule has 2 nitrogen and oxygen atoms in total. The minimum Gasteiger partial charge on any atom is -0.487 e. The fourth-order valence-electron chi connectivity index (χ4n) is 1.70. The molecular formula is C11H13ClFNO. The standard InChI is InChI=1S/C11H13ClFNO/c12-9-4-1-5-10(13)11(9)15-7-8-3-2-6-14-8/h1,4-5,8,14H,2-3,6-7H2/t8-/m0/s1. The number of hydrogen-bond donors (Lipinski definition) is 1. The molecule has 4 heteroatoms. The minimum atomic E-state index is -0.402.